The fourth-order valence-corrected chi connectivity index (χ4v) is 4.05. The molecule has 2 fully saturated rings. The van der Waals surface area contributed by atoms with Gasteiger partial charge in [0.15, 0.2) is 5.89 Å². The Morgan fingerprint density at radius 2 is 2.22 bits per heavy atom. The molecule has 1 amide bonds. The van der Waals surface area contributed by atoms with E-state index < -0.39 is 0 Å². The molecule has 0 aromatic carbocycles. The van der Waals surface area contributed by atoms with E-state index in [1.54, 1.807) is 14.2 Å². The Balaban J connectivity index is 1.87. The quantitative estimate of drug-likeness (QED) is 0.851. The number of methoxy groups -OCH3 is 2. The van der Waals surface area contributed by atoms with Crippen molar-refractivity contribution in [2.45, 2.75) is 63.7 Å². The van der Waals surface area contributed by atoms with Gasteiger partial charge in [0.25, 0.3) is 5.91 Å². The minimum Gasteiger partial charge on any atom is -0.435 e. The average Bonchev–Trinajstić information content (AvgIpc) is 3.14. The van der Waals surface area contributed by atoms with E-state index in [0.717, 1.165) is 25.7 Å². The maximum absolute atomic E-state index is 13.0. The van der Waals surface area contributed by atoms with Crippen molar-refractivity contribution in [1.29, 1.82) is 0 Å². The number of hydrogen-bond acceptors (Lipinski definition) is 5. The first-order chi connectivity index (χ1) is 11.0. The minimum absolute atomic E-state index is 0.0354. The van der Waals surface area contributed by atoms with Crippen molar-refractivity contribution >= 4 is 5.91 Å². The Morgan fingerprint density at radius 1 is 1.43 bits per heavy atom. The minimum atomic E-state index is -0.244. The molecule has 1 aliphatic heterocycles. The largest absolute Gasteiger partial charge is 0.435 e. The van der Waals surface area contributed by atoms with Gasteiger partial charge in [-0.15, -0.1) is 0 Å². The molecule has 0 unspecified atom stereocenters. The Bertz CT molecular complexity index is 585. The molecule has 23 heavy (non-hydrogen) atoms. The molecule has 128 valence electrons. The van der Waals surface area contributed by atoms with Crippen molar-refractivity contribution in [2.75, 3.05) is 20.8 Å². The molecule has 1 aliphatic carbocycles. The lowest BCUT2D eigenvalue weighted by molar-refractivity contribution is -0.0895. The number of hydrogen-bond donors (Lipinski definition) is 0. The summed E-state index contributed by atoms with van der Waals surface area (Å²) in [6.07, 6.45) is 4.44. The number of carbonyl (C=O) groups excluding carboxylic acids is 1. The van der Waals surface area contributed by atoms with Gasteiger partial charge in [-0.2, -0.15) is 0 Å². The summed E-state index contributed by atoms with van der Waals surface area (Å²) >= 11 is 0. The number of fused-ring (bicyclic) bond motifs is 1. The van der Waals surface area contributed by atoms with Gasteiger partial charge in [-0.3, -0.25) is 4.79 Å². The van der Waals surface area contributed by atoms with Crippen LogP contribution in [0.4, 0.5) is 0 Å². The molecule has 1 aromatic heterocycles. The molecular weight excluding hydrogens is 296 g/mol. The van der Waals surface area contributed by atoms with Crippen LogP contribution in [0.2, 0.25) is 0 Å². The normalized spacial score (nSPS) is 30.5. The van der Waals surface area contributed by atoms with Gasteiger partial charge < -0.3 is 18.8 Å². The predicted molar refractivity (Wildman–Crippen MR) is 84.4 cm³/mol. The van der Waals surface area contributed by atoms with Crippen molar-refractivity contribution in [2.24, 2.45) is 0 Å². The monoisotopic (exact) mass is 322 g/mol. The van der Waals surface area contributed by atoms with E-state index in [4.69, 9.17) is 13.9 Å². The number of rotatable bonds is 4. The molecule has 3 rings (SSSR count). The zero-order valence-corrected chi connectivity index (χ0v) is 14.4. The number of oxazole rings is 1. The van der Waals surface area contributed by atoms with E-state index in [2.05, 4.69) is 4.98 Å². The SMILES string of the molecule is CCc1nc(C)c(C(=O)N2CC[C@]3(OC)CC[C@H](OC)C[C@H]23)o1. The number of aryl methyl sites for hydroxylation is 2. The second-order valence-electron chi connectivity index (χ2n) is 6.54. The molecule has 0 radical (unpaired) electrons. The highest BCUT2D eigenvalue weighted by Gasteiger charge is 2.53. The Morgan fingerprint density at radius 3 is 2.83 bits per heavy atom. The van der Waals surface area contributed by atoms with Crippen LogP contribution in [0.5, 0.6) is 0 Å². The van der Waals surface area contributed by atoms with E-state index in [0.29, 0.717) is 30.3 Å². The van der Waals surface area contributed by atoms with Gasteiger partial charge in [-0.05, 0) is 32.6 Å². The lowest BCUT2D eigenvalue weighted by Crippen LogP contribution is -2.53. The predicted octanol–water partition coefficient (Wildman–Crippen LogP) is 2.34. The fraction of sp³-hybridized carbons (Fsp3) is 0.765. The third-order valence-electron chi connectivity index (χ3n) is 5.47. The van der Waals surface area contributed by atoms with Crippen LogP contribution in [0.1, 0.15) is 54.7 Å². The van der Waals surface area contributed by atoms with Crippen molar-refractivity contribution in [3.8, 4) is 0 Å². The summed E-state index contributed by atoms with van der Waals surface area (Å²) in [6.45, 7) is 4.49. The summed E-state index contributed by atoms with van der Waals surface area (Å²) in [5, 5.41) is 0. The number of aromatic nitrogens is 1. The standard InChI is InChI=1S/C17H26N2O4/c1-5-14-18-11(2)15(23-14)16(20)19-9-8-17(22-4)7-6-12(21-3)10-13(17)19/h12-13H,5-10H2,1-4H3/t12-,13-,17+/m0/s1. The average molecular weight is 322 g/mol. The molecule has 2 heterocycles. The molecule has 1 saturated heterocycles. The number of carbonyl (C=O) groups is 1. The summed E-state index contributed by atoms with van der Waals surface area (Å²) < 4.78 is 17.1. The molecule has 1 aromatic rings. The topological polar surface area (TPSA) is 64.8 Å². The summed E-state index contributed by atoms with van der Waals surface area (Å²) in [5.74, 6) is 0.908. The van der Waals surface area contributed by atoms with E-state index in [1.807, 2.05) is 18.7 Å². The molecule has 6 nitrogen and oxygen atoms in total. The van der Waals surface area contributed by atoms with Crippen molar-refractivity contribution < 1.29 is 18.7 Å². The highest BCUT2D eigenvalue weighted by molar-refractivity contribution is 5.93. The third-order valence-corrected chi connectivity index (χ3v) is 5.47. The smallest absolute Gasteiger partial charge is 0.291 e. The number of nitrogens with zero attached hydrogens (tertiary/aromatic N) is 2. The second kappa shape index (κ2) is 6.24. The molecule has 6 heteroatoms. The first-order valence-corrected chi connectivity index (χ1v) is 8.40. The van der Waals surface area contributed by atoms with Crippen LogP contribution in [-0.2, 0) is 15.9 Å². The van der Waals surface area contributed by atoms with Crippen molar-refractivity contribution in [3.05, 3.63) is 17.3 Å². The van der Waals surface area contributed by atoms with Crippen LogP contribution in [0.3, 0.4) is 0 Å². The van der Waals surface area contributed by atoms with E-state index in [1.165, 1.54) is 0 Å². The summed E-state index contributed by atoms with van der Waals surface area (Å²) in [7, 11) is 3.49. The zero-order valence-electron chi connectivity index (χ0n) is 14.4. The van der Waals surface area contributed by atoms with Crippen LogP contribution >= 0.6 is 0 Å². The molecule has 0 spiro atoms. The summed E-state index contributed by atoms with van der Waals surface area (Å²) in [5.41, 5.74) is 0.424. The van der Waals surface area contributed by atoms with Crippen LogP contribution in [-0.4, -0.2) is 54.3 Å². The highest BCUT2D eigenvalue weighted by atomic mass is 16.5. The summed E-state index contributed by atoms with van der Waals surface area (Å²) in [4.78, 5) is 19.2. The first-order valence-electron chi connectivity index (χ1n) is 8.40. The van der Waals surface area contributed by atoms with E-state index in [9.17, 15) is 4.79 Å². The third kappa shape index (κ3) is 2.68. The number of amides is 1. The maximum Gasteiger partial charge on any atom is 0.291 e. The molecule has 1 saturated carbocycles. The lowest BCUT2D eigenvalue weighted by atomic mass is 9.79. The van der Waals surface area contributed by atoms with Gasteiger partial charge in [0, 0.05) is 27.2 Å². The van der Waals surface area contributed by atoms with Crippen molar-refractivity contribution in [3.63, 3.8) is 0 Å². The molecule has 3 atom stereocenters. The Labute approximate surface area is 137 Å². The maximum atomic E-state index is 13.0. The van der Waals surface area contributed by atoms with Gasteiger partial charge in [-0.25, -0.2) is 4.98 Å². The molecule has 0 bridgehead atoms. The molecular formula is C17H26N2O4. The van der Waals surface area contributed by atoms with Crippen LogP contribution in [0, 0.1) is 6.92 Å². The Kier molecular flexibility index (Phi) is 4.47. The van der Waals surface area contributed by atoms with Gasteiger partial charge in [0.1, 0.15) is 0 Å². The Hall–Kier alpha value is -1.40. The van der Waals surface area contributed by atoms with Crippen LogP contribution in [0.15, 0.2) is 4.42 Å². The highest BCUT2D eigenvalue weighted by Crippen LogP contribution is 2.43. The molecule has 0 N–H and O–H groups in total. The van der Waals surface area contributed by atoms with Crippen molar-refractivity contribution in [1.82, 2.24) is 9.88 Å². The van der Waals surface area contributed by atoms with Crippen LogP contribution < -0.4 is 0 Å². The second-order valence-corrected chi connectivity index (χ2v) is 6.54. The fourth-order valence-electron chi connectivity index (χ4n) is 4.05. The number of ether oxygens (including phenoxy) is 2. The number of likely N-dealkylation sites (tertiary alicyclic amines) is 1. The van der Waals surface area contributed by atoms with Crippen LogP contribution in [0.25, 0.3) is 0 Å². The van der Waals surface area contributed by atoms with Gasteiger partial charge in [0.2, 0.25) is 5.76 Å². The van der Waals surface area contributed by atoms with E-state index >= 15 is 0 Å². The van der Waals surface area contributed by atoms with Gasteiger partial charge in [0.05, 0.1) is 23.4 Å². The lowest BCUT2D eigenvalue weighted by Gasteiger charge is -2.43. The van der Waals surface area contributed by atoms with E-state index in [-0.39, 0.29) is 23.7 Å². The van der Waals surface area contributed by atoms with Gasteiger partial charge >= 0.3 is 0 Å². The summed E-state index contributed by atoms with van der Waals surface area (Å²) in [6, 6.07) is 0.0354. The molecule has 2 aliphatic rings. The van der Waals surface area contributed by atoms with Gasteiger partial charge in [-0.1, -0.05) is 6.92 Å². The zero-order chi connectivity index (χ0) is 16.6. The first kappa shape index (κ1) is 16.5.